The summed E-state index contributed by atoms with van der Waals surface area (Å²) in [5.41, 5.74) is -0.695. The molecule has 0 bridgehead atoms. The lowest BCUT2D eigenvalue weighted by atomic mass is 9.83. The molecule has 0 amide bonds. The highest BCUT2D eigenvalue weighted by Gasteiger charge is 2.48. The molecule has 0 aliphatic heterocycles. The average molecular weight is 284 g/mol. The number of nitrogens with one attached hydrogen (secondary N) is 1. The van der Waals surface area contributed by atoms with Crippen molar-refractivity contribution in [2.24, 2.45) is 5.92 Å². The van der Waals surface area contributed by atoms with Gasteiger partial charge in [0.2, 0.25) is 0 Å². The lowest BCUT2D eigenvalue weighted by Gasteiger charge is -2.35. The maximum Gasteiger partial charge on any atom is 0.324 e. The van der Waals surface area contributed by atoms with Gasteiger partial charge in [-0.3, -0.25) is 10.1 Å². The molecule has 0 saturated heterocycles. The van der Waals surface area contributed by atoms with Crippen molar-refractivity contribution in [2.45, 2.75) is 71.4 Å². The van der Waals surface area contributed by atoms with Crippen molar-refractivity contribution < 1.29 is 9.90 Å². The summed E-state index contributed by atoms with van der Waals surface area (Å²) in [7, 11) is 0. The van der Waals surface area contributed by atoms with E-state index in [0.29, 0.717) is 0 Å². The van der Waals surface area contributed by atoms with E-state index in [2.05, 4.69) is 24.1 Å². The minimum Gasteiger partial charge on any atom is -0.480 e. The normalized spacial score (nSPS) is 26.6. The summed E-state index contributed by atoms with van der Waals surface area (Å²) in [6.07, 6.45) is 4.98. The van der Waals surface area contributed by atoms with E-state index in [-0.39, 0.29) is 12.0 Å². The van der Waals surface area contributed by atoms with Crippen LogP contribution in [0.15, 0.2) is 0 Å². The number of hydrogen-bond donors (Lipinski definition) is 2. The van der Waals surface area contributed by atoms with Crippen molar-refractivity contribution in [3.05, 3.63) is 0 Å². The first-order chi connectivity index (χ1) is 9.46. The van der Waals surface area contributed by atoms with Gasteiger partial charge in [-0.25, -0.2) is 0 Å². The molecule has 1 aliphatic rings. The second-order valence-corrected chi connectivity index (χ2v) is 6.39. The third kappa shape index (κ3) is 4.19. The van der Waals surface area contributed by atoms with E-state index in [1.165, 1.54) is 0 Å². The molecule has 2 N–H and O–H groups in total. The van der Waals surface area contributed by atoms with Gasteiger partial charge in [0.1, 0.15) is 5.54 Å². The van der Waals surface area contributed by atoms with Crippen molar-refractivity contribution >= 4 is 5.97 Å². The van der Waals surface area contributed by atoms with Crippen LogP contribution in [0.2, 0.25) is 0 Å². The average Bonchev–Trinajstić information content (AvgIpc) is 2.78. The van der Waals surface area contributed by atoms with Crippen LogP contribution in [-0.4, -0.2) is 47.2 Å². The van der Waals surface area contributed by atoms with Crippen LogP contribution in [0, 0.1) is 5.92 Å². The van der Waals surface area contributed by atoms with Gasteiger partial charge in [0.05, 0.1) is 0 Å². The van der Waals surface area contributed by atoms with Gasteiger partial charge in [0.15, 0.2) is 0 Å². The molecule has 4 heteroatoms. The summed E-state index contributed by atoms with van der Waals surface area (Å²) in [5, 5.41) is 13.1. The molecule has 0 radical (unpaired) electrons. The zero-order valence-corrected chi connectivity index (χ0v) is 13.6. The third-order valence-electron chi connectivity index (χ3n) is 4.53. The van der Waals surface area contributed by atoms with Crippen LogP contribution in [0.5, 0.6) is 0 Å². The second kappa shape index (κ2) is 7.99. The van der Waals surface area contributed by atoms with E-state index in [1.54, 1.807) is 0 Å². The molecule has 0 aromatic rings. The van der Waals surface area contributed by atoms with Gasteiger partial charge in [-0.2, -0.15) is 0 Å². The van der Waals surface area contributed by atoms with Crippen molar-refractivity contribution in [3.8, 4) is 0 Å². The molecular formula is C16H32N2O2. The lowest BCUT2D eigenvalue weighted by molar-refractivity contribution is -0.147. The SMILES string of the molecule is CCCN(CC)CCC1CCCC1(NC(C)C)C(=O)O. The standard InChI is InChI=1S/C16H32N2O2/c1-5-11-18(6-2)12-9-14-8-7-10-16(14,15(19)20)17-13(3)4/h13-14,17H,5-12H2,1-4H3,(H,19,20). The van der Waals surface area contributed by atoms with E-state index in [1.807, 2.05) is 13.8 Å². The molecule has 0 heterocycles. The molecule has 0 spiro atoms. The fraction of sp³-hybridized carbons (Fsp3) is 0.938. The number of carbonyl (C=O) groups is 1. The summed E-state index contributed by atoms with van der Waals surface area (Å²) in [6.45, 7) is 11.6. The van der Waals surface area contributed by atoms with Crippen LogP contribution < -0.4 is 5.32 Å². The Bertz CT molecular complexity index is 307. The highest BCUT2D eigenvalue weighted by atomic mass is 16.4. The van der Waals surface area contributed by atoms with E-state index >= 15 is 0 Å². The molecule has 1 aliphatic carbocycles. The van der Waals surface area contributed by atoms with E-state index in [9.17, 15) is 9.90 Å². The van der Waals surface area contributed by atoms with Crippen molar-refractivity contribution in [2.75, 3.05) is 19.6 Å². The van der Waals surface area contributed by atoms with E-state index in [4.69, 9.17) is 0 Å². The molecule has 1 saturated carbocycles. The molecule has 20 heavy (non-hydrogen) atoms. The summed E-state index contributed by atoms with van der Waals surface area (Å²) in [4.78, 5) is 14.3. The van der Waals surface area contributed by atoms with Crippen LogP contribution >= 0.6 is 0 Å². The monoisotopic (exact) mass is 284 g/mol. The molecule has 1 rings (SSSR count). The first-order valence-corrected chi connectivity index (χ1v) is 8.19. The zero-order chi connectivity index (χ0) is 15.2. The predicted octanol–water partition coefficient (Wildman–Crippen LogP) is 2.73. The van der Waals surface area contributed by atoms with Gasteiger partial charge in [-0.1, -0.05) is 20.3 Å². The smallest absolute Gasteiger partial charge is 0.324 e. The Morgan fingerprint density at radius 2 is 2.10 bits per heavy atom. The summed E-state index contributed by atoms with van der Waals surface area (Å²) in [5.74, 6) is -0.402. The van der Waals surface area contributed by atoms with Crippen LogP contribution in [0.1, 0.15) is 59.8 Å². The Balaban J connectivity index is 2.68. The number of carboxylic acids is 1. The molecule has 4 nitrogen and oxygen atoms in total. The van der Waals surface area contributed by atoms with Crippen LogP contribution in [0.3, 0.4) is 0 Å². The number of nitrogens with zero attached hydrogens (tertiary/aromatic N) is 1. The number of aliphatic carboxylic acids is 1. The van der Waals surface area contributed by atoms with Crippen molar-refractivity contribution in [1.29, 1.82) is 0 Å². The molecular weight excluding hydrogens is 252 g/mol. The third-order valence-corrected chi connectivity index (χ3v) is 4.53. The van der Waals surface area contributed by atoms with Crippen LogP contribution in [0.4, 0.5) is 0 Å². The van der Waals surface area contributed by atoms with Gasteiger partial charge in [-0.05, 0) is 65.1 Å². The Morgan fingerprint density at radius 1 is 1.40 bits per heavy atom. The number of hydrogen-bond acceptors (Lipinski definition) is 3. The highest BCUT2D eigenvalue weighted by molar-refractivity contribution is 5.79. The molecule has 0 aromatic heterocycles. The number of rotatable bonds is 9. The minimum atomic E-state index is -0.695. The molecule has 2 atom stereocenters. The topological polar surface area (TPSA) is 52.6 Å². The lowest BCUT2D eigenvalue weighted by Crippen LogP contribution is -2.57. The Kier molecular flexibility index (Phi) is 6.96. The molecule has 118 valence electrons. The van der Waals surface area contributed by atoms with Gasteiger partial charge >= 0.3 is 5.97 Å². The summed E-state index contributed by atoms with van der Waals surface area (Å²) < 4.78 is 0. The minimum absolute atomic E-state index is 0.213. The Morgan fingerprint density at radius 3 is 2.60 bits per heavy atom. The maximum absolute atomic E-state index is 11.8. The largest absolute Gasteiger partial charge is 0.480 e. The van der Waals surface area contributed by atoms with E-state index in [0.717, 1.165) is 51.7 Å². The second-order valence-electron chi connectivity index (χ2n) is 6.39. The highest BCUT2D eigenvalue weighted by Crippen LogP contribution is 2.38. The van der Waals surface area contributed by atoms with Gasteiger partial charge in [-0.15, -0.1) is 0 Å². The predicted molar refractivity (Wildman–Crippen MR) is 83.0 cm³/mol. The maximum atomic E-state index is 11.8. The molecule has 0 aromatic carbocycles. The molecule has 1 fully saturated rings. The number of carboxylic acid groups (broad SMARTS) is 1. The van der Waals surface area contributed by atoms with E-state index < -0.39 is 11.5 Å². The fourth-order valence-corrected chi connectivity index (χ4v) is 3.60. The molecule has 2 unspecified atom stereocenters. The fourth-order valence-electron chi connectivity index (χ4n) is 3.60. The zero-order valence-electron chi connectivity index (χ0n) is 13.6. The van der Waals surface area contributed by atoms with Crippen LogP contribution in [0.25, 0.3) is 0 Å². The quantitative estimate of drug-likeness (QED) is 0.683. The van der Waals surface area contributed by atoms with Gasteiger partial charge in [0.25, 0.3) is 0 Å². The van der Waals surface area contributed by atoms with Crippen molar-refractivity contribution in [3.63, 3.8) is 0 Å². The Hall–Kier alpha value is -0.610. The summed E-state index contributed by atoms with van der Waals surface area (Å²) in [6, 6.07) is 0.213. The van der Waals surface area contributed by atoms with Gasteiger partial charge in [0, 0.05) is 6.04 Å². The van der Waals surface area contributed by atoms with Crippen molar-refractivity contribution in [1.82, 2.24) is 10.2 Å². The first-order valence-electron chi connectivity index (χ1n) is 8.19. The van der Waals surface area contributed by atoms with Crippen LogP contribution in [-0.2, 0) is 4.79 Å². The summed E-state index contributed by atoms with van der Waals surface area (Å²) >= 11 is 0. The Labute approximate surface area is 123 Å². The first kappa shape index (κ1) is 17.4. The van der Waals surface area contributed by atoms with Gasteiger partial charge < -0.3 is 10.0 Å².